The normalized spacial score (nSPS) is 10.6. The zero-order chi connectivity index (χ0) is 17.0. The zero-order valence-electron chi connectivity index (χ0n) is 11.5. The Bertz CT molecular complexity index is 831. The zero-order valence-corrected chi connectivity index (χ0v) is 11.5. The summed E-state index contributed by atoms with van der Waals surface area (Å²) in [4.78, 5) is 30.6. The smallest absolute Gasteiger partial charge is 0.258 e. The maximum absolute atomic E-state index is 11.0. The molecule has 0 fully saturated rings. The van der Waals surface area contributed by atoms with Gasteiger partial charge in [-0.3, -0.25) is 30.3 Å². The highest BCUT2D eigenvalue weighted by Gasteiger charge is 2.18. The molecule has 9 heteroatoms. The molecule has 0 aliphatic rings. The lowest BCUT2D eigenvalue weighted by atomic mass is 10.1. The molecule has 0 N–H and O–H groups in total. The fourth-order valence-electron chi connectivity index (χ4n) is 1.92. The van der Waals surface area contributed by atoms with Gasteiger partial charge in [0.1, 0.15) is 0 Å². The van der Waals surface area contributed by atoms with Gasteiger partial charge in [0.15, 0.2) is 0 Å². The molecule has 9 nitrogen and oxygen atoms in total. The molecule has 0 saturated carbocycles. The van der Waals surface area contributed by atoms with Crippen LogP contribution in [0.3, 0.4) is 0 Å². The molecule has 0 amide bonds. The van der Waals surface area contributed by atoms with Gasteiger partial charge >= 0.3 is 0 Å². The third-order valence-corrected chi connectivity index (χ3v) is 3.00. The van der Waals surface area contributed by atoms with E-state index >= 15 is 0 Å². The number of hydrogen-bond acceptors (Lipinski definition) is 6. The van der Waals surface area contributed by atoms with Crippen LogP contribution in [0.2, 0.25) is 0 Å². The van der Waals surface area contributed by atoms with Crippen LogP contribution in [0.4, 0.5) is 17.1 Å². The number of non-ortho nitro benzene ring substituents is 1. The minimum absolute atomic E-state index is 0.110. The molecule has 0 aliphatic heterocycles. The van der Waals surface area contributed by atoms with Crippen molar-refractivity contribution in [3.05, 3.63) is 83.9 Å². The molecule has 2 aromatic rings. The molecular weight excluding hydrogens is 306 g/mol. The van der Waals surface area contributed by atoms with Gasteiger partial charge in [-0.15, -0.1) is 0 Å². The Morgan fingerprint density at radius 3 is 1.83 bits per heavy atom. The third kappa shape index (κ3) is 3.53. The lowest BCUT2D eigenvalue weighted by Gasteiger charge is -1.99. The fourth-order valence-corrected chi connectivity index (χ4v) is 1.92. The second kappa shape index (κ2) is 6.43. The van der Waals surface area contributed by atoms with E-state index in [2.05, 4.69) is 0 Å². The average Bonchev–Trinajstić information content (AvgIpc) is 2.52. The van der Waals surface area contributed by atoms with Crippen molar-refractivity contribution >= 4 is 29.2 Å². The molecule has 116 valence electrons. The Morgan fingerprint density at radius 2 is 1.26 bits per heavy atom. The summed E-state index contributed by atoms with van der Waals surface area (Å²) in [7, 11) is 0. The van der Waals surface area contributed by atoms with Crippen LogP contribution in [-0.2, 0) is 0 Å². The number of rotatable bonds is 5. The van der Waals surface area contributed by atoms with Gasteiger partial charge in [-0.25, -0.2) is 0 Å². The molecule has 0 saturated heterocycles. The largest absolute Gasteiger partial charge is 0.283 e. The number of hydrogen-bond donors (Lipinski definition) is 0. The Labute approximate surface area is 128 Å². The van der Waals surface area contributed by atoms with Crippen LogP contribution in [0, 0.1) is 30.3 Å². The van der Waals surface area contributed by atoms with Crippen molar-refractivity contribution in [1.82, 2.24) is 0 Å². The van der Waals surface area contributed by atoms with Crippen molar-refractivity contribution in [2.75, 3.05) is 0 Å². The van der Waals surface area contributed by atoms with E-state index in [1.54, 1.807) is 6.07 Å². The van der Waals surface area contributed by atoms with Gasteiger partial charge in [0.2, 0.25) is 0 Å². The standard InChI is InChI=1S/C14H9N3O6/c18-15(19)12-8-7-11(14(9-12)17(22)23)6-5-10-3-1-2-4-13(10)16(20)21/h1-9H/b6-5+. The maximum atomic E-state index is 11.0. The lowest BCUT2D eigenvalue weighted by Crippen LogP contribution is -1.95. The first kappa shape index (κ1) is 15.8. The van der Waals surface area contributed by atoms with Crippen LogP contribution in [0.15, 0.2) is 42.5 Å². The van der Waals surface area contributed by atoms with Gasteiger partial charge in [-0.1, -0.05) is 12.1 Å². The molecule has 0 bridgehead atoms. The van der Waals surface area contributed by atoms with E-state index in [-0.39, 0.29) is 16.8 Å². The Morgan fingerprint density at radius 1 is 0.696 bits per heavy atom. The summed E-state index contributed by atoms with van der Waals surface area (Å²) >= 11 is 0. The predicted octanol–water partition coefficient (Wildman–Crippen LogP) is 3.58. The monoisotopic (exact) mass is 315 g/mol. The molecule has 0 atom stereocenters. The molecule has 0 aromatic heterocycles. The van der Waals surface area contributed by atoms with Gasteiger partial charge in [0.05, 0.1) is 32.0 Å². The van der Waals surface area contributed by atoms with E-state index in [4.69, 9.17) is 0 Å². The summed E-state index contributed by atoms with van der Waals surface area (Å²) in [5.41, 5.74) is -0.620. The van der Waals surface area contributed by atoms with E-state index in [9.17, 15) is 30.3 Å². The van der Waals surface area contributed by atoms with Crippen molar-refractivity contribution in [1.29, 1.82) is 0 Å². The van der Waals surface area contributed by atoms with E-state index in [1.165, 1.54) is 36.4 Å². The van der Waals surface area contributed by atoms with Crippen molar-refractivity contribution in [3.8, 4) is 0 Å². The summed E-state index contributed by atoms with van der Waals surface area (Å²) in [5, 5.41) is 32.6. The first-order valence-electron chi connectivity index (χ1n) is 6.24. The molecule has 23 heavy (non-hydrogen) atoms. The second-order valence-corrected chi connectivity index (χ2v) is 4.41. The van der Waals surface area contributed by atoms with Gasteiger partial charge < -0.3 is 0 Å². The van der Waals surface area contributed by atoms with E-state index in [0.717, 1.165) is 12.1 Å². The summed E-state index contributed by atoms with van der Waals surface area (Å²) in [5.74, 6) is 0. The average molecular weight is 315 g/mol. The van der Waals surface area contributed by atoms with E-state index < -0.39 is 26.1 Å². The molecule has 0 radical (unpaired) electrons. The Hall–Kier alpha value is -3.62. The van der Waals surface area contributed by atoms with Crippen LogP contribution in [-0.4, -0.2) is 14.8 Å². The lowest BCUT2D eigenvalue weighted by molar-refractivity contribution is -0.394. The SMILES string of the molecule is O=[N+]([O-])c1ccc(/C=C/c2ccccc2[N+](=O)[O-])c([N+](=O)[O-])c1. The van der Waals surface area contributed by atoms with Crippen molar-refractivity contribution in [2.24, 2.45) is 0 Å². The molecule has 2 aromatic carbocycles. The highest BCUT2D eigenvalue weighted by atomic mass is 16.6. The van der Waals surface area contributed by atoms with E-state index in [1.807, 2.05) is 0 Å². The third-order valence-electron chi connectivity index (χ3n) is 3.00. The topological polar surface area (TPSA) is 129 Å². The molecule has 0 aliphatic carbocycles. The molecule has 0 spiro atoms. The predicted molar refractivity (Wildman–Crippen MR) is 81.8 cm³/mol. The highest BCUT2D eigenvalue weighted by Crippen LogP contribution is 2.27. The summed E-state index contributed by atoms with van der Waals surface area (Å²) < 4.78 is 0. The maximum Gasteiger partial charge on any atom is 0.283 e. The number of nitro groups is 3. The van der Waals surface area contributed by atoms with Crippen LogP contribution >= 0.6 is 0 Å². The van der Waals surface area contributed by atoms with Gasteiger partial charge in [-0.05, 0) is 24.3 Å². The summed E-state index contributed by atoms with van der Waals surface area (Å²) in [6, 6.07) is 9.10. The van der Waals surface area contributed by atoms with Crippen LogP contribution in [0.25, 0.3) is 12.2 Å². The summed E-state index contributed by atoms with van der Waals surface area (Å²) in [6.45, 7) is 0. The van der Waals surface area contributed by atoms with Crippen molar-refractivity contribution < 1.29 is 14.8 Å². The fraction of sp³-hybridized carbons (Fsp3) is 0. The van der Waals surface area contributed by atoms with Gasteiger partial charge in [0, 0.05) is 12.1 Å². The molecular formula is C14H9N3O6. The number of nitro benzene ring substituents is 3. The molecule has 2 rings (SSSR count). The quantitative estimate of drug-likeness (QED) is 0.471. The number of nitrogens with zero attached hydrogens (tertiary/aromatic N) is 3. The Balaban J connectivity index is 2.46. The van der Waals surface area contributed by atoms with Crippen molar-refractivity contribution in [3.63, 3.8) is 0 Å². The van der Waals surface area contributed by atoms with Crippen molar-refractivity contribution in [2.45, 2.75) is 0 Å². The second-order valence-electron chi connectivity index (χ2n) is 4.41. The summed E-state index contributed by atoms with van der Waals surface area (Å²) in [6.07, 6.45) is 2.66. The Kier molecular flexibility index (Phi) is 4.41. The van der Waals surface area contributed by atoms with Crippen LogP contribution in [0.1, 0.15) is 11.1 Å². The first-order valence-corrected chi connectivity index (χ1v) is 6.24. The van der Waals surface area contributed by atoms with Gasteiger partial charge in [0.25, 0.3) is 17.1 Å². The number of benzene rings is 2. The minimum Gasteiger partial charge on any atom is -0.258 e. The first-order chi connectivity index (χ1) is 10.9. The minimum atomic E-state index is -0.744. The molecule has 0 heterocycles. The van der Waals surface area contributed by atoms with Gasteiger partial charge in [-0.2, -0.15) is 0 Å². The van der Waals surface area contributed by atoms with Crippen LogP contribution < -0.4 is 0 Å². The number of para-hydroxylation sites is 1. The van der Waals surface area contributed by atoms with Crippen LogP contribution in [0.5, 0.6) is 0 Å². The van der Waals surface area contributed by atoms with E-state index in [0.29, 0.717) is 0 Å². The highest BCUT2D eigenvalue weighted by molar-refractivity contribution is 5.78. The molecule has 0 unspecified atom stereocenters.